The summed E-state index contributed by atoms with van der Waals surface area (Å²) in [6, 6.07) is 0.825. The molecule has 0 atom stereocenters. The number of anilines is 2. The Morgan fingerprint density at radius 3 is 2.52 bits per heavy atom. The number of carbonyl (C=O) groups excluding carboxylic acids is 1. The molecule has 10 nitrogen and oxygen atoms in total. The largest absolute Gasteiger partial charge is 0.461 e. The fourth-order valence-electron chi connectivity index (χ4n) is 4.14. The van der Waals surface area contributed by atoms with Crippen LogP contribution in [0.5, 0.6) is 0 Å². The number of nitrogens with zero attached hydrogens (tertiary/aromatic N) is 4. The van der Waals surface area contributed by atoms with E-state index in [1.807, 2.05) is 11.9 Å². The van der Waals surface area contributed by atoms with Crippen molar-refractivity contribution in [3.63, 3.8) is 0 Å². The van der Waals surface area contributed by atoms with Crippen LogP contribution >= 0.6 is 0 Å². The quantitative estimate of drug-likeness (QED) is 0.328. The van der Waals surface area contributed by atoms with Crippen LogP contribution in [0.4, 0.5) is 21.5 Å². The van der Waals surface area contributed by atoms with Gasteiger partial charge in [-0.2, -0.15) is 0 Å². The molecule has 2 heterocycles. The number of rotatable bonds is 5. The number of halogens is 1. The summed E-state index contributed by atoms with van der Waals surface area (Å²) in [7, 11) is 1.91. The fraction of sp³-hybridized carbons (Fsp3) is 0.500. The maximum Gasteiger partial charge on any atom is 0.355 e. The summed E-state index contributed by atoms with van der Waals surface area (Å²) in [6.07, 6.45) is 1.37. The number of piperazine rings is 1. The highest BCUT2D eigenvalue weighted by Crippen LogP contribution is 2.45. The lowest BCUT2D eigenvalue weighted by atomic mass is 10.1. The van der Waals surface area contributed by atoms with Crippen LogP contribution in [-0.2, 0) is 4.74 Å². The van der Waals surface area contributed by atoms with Gasteiger partial charge in [0.25, 0.3) is 0 Å². The number of benzene rings is 1. The summed E-state index contributed by atoms with van der Waals surface area (Å²) in [5.41, 5.74) is 3.90. The van der Waals surface area contributed by atoms with Gasteiger partial charge in [-0.1, -0.05) is 0 Å². The maximum atomic E-state index is 16.1. The monoisotopic (exact) mass is 433 g/mol. The van der Waals surface area contributed by atoms with E-state index < -0.39 is 27.8 Å². The molecule has 166 valence electrons. The highest BCUT2D eigenvalue weighted by Gasteiger charge is 2.37. The lowest BCUT2D eigenvalue weighted by Gasteiger charge is -2.34. The van der Waals surface area contributed by atoms with E-state index in [-0.39, 0.29) is 40.6 Å². The first-order valence-corrected chi connectivity index (χ1v) is 10.2. The number of carbonyl (C=O) groups is 1. The van der Waals surface area contributed by atoms with E-state index in [0.717, 1.165) is 6.07 Å². The van der Waals surface area contributed by atoms with Crippen molar-refractivity contribution in [3.8, 4) is 0 Å². The van der Waals surface area contributed by atoms with Crippen molar-refractivity contribution in [1.29, 1.82) is 0 Å². The number of esters is 1. The topological polar surface area (TPSA) is 124 Å². The molecule has 2 N–H and O–H groups in total. The van der Waals surface area contributed by atoms with Crippen molar-refractivity contribution in [2.75, 3.05) is 50.5 Å². The molecule has 2 fully saturated rings. The van der Waals surface area contributed by atoms with E-state index in [1.54, 1.807) is 11.8 Å². The predicted molar refractivity (Wildman–Crippen MR) is 113 cm³/mol. The molecule has 2 aliphatic rings. The Morgan fingerprint density at radius 2 is 1.97 bits per heavy atom. The number of fused-ring (bicyclic) bond motifs is 1. The SMILES string of the molecule is CCOC(=O)c1cc(=O)c2c(N)c([N+](=O)[O-])c(N3CCN(C)CC3)c(F)c2n1C1CC1. The second kappa shape index (κ2) is 7.80. The van der Waals surface area contributed by atoms with Gasteiger partial charge in [-0.25, -0.2) is 9.18 Å². The molecule has 0 spiro atoms. The highest BCUT2D eigenvalue weighted by atomic mass is 19.1. The van der Waals surface area contributed by atoms with Gasteiger partial charge in [-0.05, 0) is 26.8 Å². The molecule has 31 heavy (non-hydrogen) atoms. The molecule has 1 aliphatic heterocycles. The summed E-state index contributed by atoms with van der Waals surface area (Å²) in [5, 5.41) is 11.6. The normalized spacial score (nSPS) is 17.2. The molecule has 1 aromatic heterocycles. The highest BCUT2D eigenvalue weighted by molar-refractivity contribution is 6.03. The Labute approximate surface area is 177 Å². The maximum absolute atomic E-state index is 16.1. The van der Waals surface area contributed by atoms with E-state index >= 15 is 4.39 Å². The van der Waals surface area contributed by atoms with Gasteiger partial charge in [0.1, 0.15) is 11.4 Å². The predicted octanol–water partition coefficient (Wildman–Crippen LogP) is 1.89. The lowest BCUT2D eigenvalue weighted by molar-refractivity contribution is -0.383. The van der Waals surface area contributed by atoms with Crippen LogP contribution < -0.4 is 16.1 Å². The molecule has 0 unspecified atom stereocenters. The van der Waals surface area contributed by atoms with Crippen LogP contribution in [0.1, 0.15) is 36.3 Å². The second-order valence-corrected chi connectivity index (χ2v) is 7.91. The van der Waals surface area contributed by atoms with Crippen molar-refractivity contribution >= 4 is 33.9 Å². The summed E-state index contributed by atoms with van der Waals surface area (Å²) >= 11 is 0. The standard InChI is InChI=1S/C20H24FN5O5/c1-3-31-20(28)12-10-13(27)14-16(22)19(26(29)30)18(24-8-6-23(2)7-9-24)15(21)17(14)25(12)11-4-5-11/h10-11H,3-9,22H2,1-2H3. The minimum Gasteiger partial charge on any atom is -0.461 e. The Hall–Kier alpha value is -3.21. The molecule has 0 bridgehead atoms. The molecule has 0 amide bonds. The molecule has 1 saturated heterocycles. The lowest BCUT2D eigenvalue weighted by Crippen LogP contribution is -2.45. The number of pyridine rings is 1. The van der Waals surface area contributed by atoms with Crippen LogP contribution in [0.25, 0.3) is 10.9 Å². The van der Waals surface area contributed by atoms with Gasteiger partial charge in [0.2, 0.25) is 0 Å². The number of nitro benzene ring substituents is 1. The molecule has 4 rings (SSSR count). The smallest absolute Gasteiger partial charge is 0.355 e. The third kappa shape index (κ3) is 3.48. The van der Waals surface area contributed by atoms with Crippen LogP contribution in [-0.4, -0.2) is 60.2 Å². The molecule has 0 radical (unpaired) electrons. The molecule has 1 saturated carbocycles. The molecule has 1 aromatic carbocycles. The number of nitro groups is 1. The van der Waals surface area contributed by atoms with Crippen LogP contribution in [0, 0.1) is 15.9 Å². The van der Waals surface area contributed by atoms with Gasteiger partial charge >= 0.3 is 11.7 Å². The number of ether oxygens (including phenoxy) is 1. The fourth-order valence-corrected chi connectivity index (χ4v) is 4.14. The number of hydrogen-bond donors (Lipinski definition) is 1. The zero-order chi connectivity index (χ0) is 22.4. The first-order valence-electron chi connectivity index (χ1n) is 10.2. The zero-order valence-electron chi connectivity index (χ0n) is 17.4. The van der Waals surface area contributed by atoms with E-state index in [4.69, 9.17) is 10.5 Å². The molecular formula is C20H24FN5O5. The van der Waals surface area contributed by atoms with Gasteiger partial charge in [-0.3, -0.25) is 14.9 Å². The van der Waals surface area contributed by atoms with Gasteiger partial charge < -0.3 is 24.8 Å². The van der Waals surface area contributed by atoms with Crippen LogP contribution in [0.3, 0.4) is 0 Å². The first kappa shape index (κ1) is 21.0. The van der Waals surface area contributed by atoms with E-state index in [1.165, 1.54) is 4.57 Å². The van der Waals surface area contributed by atoms with E-state index in [2.05, 4.69) is 0 Å². The third-order valence-corrected chi connectivity index (χ3v) is 5.81. The first-order chi connectivity index (χ1) is 14.8. The van der Waals surface area contributed by atoms with Crippen molar-refractivity contribution in [2.45, 2.75) is 25.8 Å². The number of nitrogens with two attached hydrogens (primary N) is 1. The minimum absolute atomic E-state index is 0.0710. The number of nitrogen functional groups attached to an aromatic ring is 1. The summed E-state index contributed by atoms with van der Waals surface area (Å²) in [6.45, 7) is 3.63. The van der Waals surface area contributed by atoms with Gasteiger partial charge in [0.15, 0.2) is 16.9 Å². The van der Waals surface area contributed by atoms with Gasteiger partial charge in [-0.15, -0.1) is 0 Å². The Morgan fingerprint density at radius 1 is 1.32 bits per heavy atom. The van der Waals surface area contributed by atoms with Gasteiger partial charge in [0.05, 0.1) is 22.4 Å². The average Bonchev–Trinajstić information content (AvgIpc) is 3.55. The summed E-state index contributed by atoms with van der Waals surface area (Å²) in [4.78, 5) is 40.2. The molecular weight excluding hydrogens is 409 g/mol. The third-order valence-electron chi connectivity index (χ3n) is 5.81. The summed E-state index contributed by atoms with van der Waals surface area (Å²) in [5.74, 6) is -1.65. The minimum atomic E-state index is -0.907. The second-order valence-electron chi connectivity index (χ2n) is 7.91. The van der Waals surface area contributed by atoms with Crippen LogP contribution in [0.15, 0.2) is 10.9 Å². The van der Waals surface area contributed by atoms with E-state index in [0.29, 0.717) is 39.0 Å². The zero-order valence-corrected chi connectivity index (χ0v) is 17.4. The Kier molecular flexibility index (Phi) is 5.29. The molecule has 11 heteroatoms. The molecule has 2 aromatic rings. The van der Waals surface area contributed by atoms with Crippen LogP contribution in [0.2, 0.25) is 0 Å². The van der Waals surface area contributed by atoms with Crippen molar-refractivity contribution in [3.05, 3.63) is 37.9 Å². The van der Waals surface area contributed by atoms with Crippen molar-refractivity contribution in [1.82, 2.24) is 9.47 Å². The molecule has 1 aliphatic carbocycles. The van der Waals surface area contributed by atoms with Crippen molar-refractivity contribution in [2.24, 2.45) is 0 Å². The average molecular weight is 433 g/mol. The van der Waals surface area contributed by atoms with Crippen molar-refractivity contribution < 1.29 is 18.8 Å². The number of aromatic nitrogens is 1. The number of hydrogen-bond acceptors (Lipinski definition) is 8. The number of likely N-dealkylation sites (N-methyl/N-ethyl adjacent to an activating group) is 1. The van der Waals surface area contributed by atoms with Gasteiger partial charge in [0, 0.05) is 38.3 Å². The summed E-state index contributed by atoms with van der Waals surface area (Å²) < 4.78 is 22.6. The Balaban J connectivity index is 2.08. The Bertz CT molecular complexity index is 1140. The van der Waals surface area contributed by atoms with E-state index in [9.17, 15) is 19.7 Å².